The van der Waals surface area contributed by atoms with Crippen LogP contribution in [0.1, 0.15) is 22.4 Å². The van der Waals surface area contributed by atoms with Crippen LogP contribution in [0.4, 0.5) is 0 Å². The maximum absolute atomic E-state index is 13.5. The zero-order valence-corrected chi connectivity index (χ0v) is 19.0. The van der Waals surface area contributed by atoms with Crippen molar-refractivity contribution in [2.24, 2.45) is 0 Å². The van der Waals surface area contributed by atoms with Crippen molar-refractivity contribution in [2.75, 3.05) is 7.11 Å². The number of benzene rings is 2. The molecule has 0 amide bonds. The summed E-state index contributed by atoms with van der Waals surface area (Å²) in [6, 6.07) is 11.3. The summed E-state index contributed by atoms with van der Waals surface area (Å²) in [5, 5.41) is 1.24. The Morgan fingerprint density at radius 3 is 2.28 bits per heavy atom. The predicted molar refractivity (Wildman–Crippen MR) is 128 cm³/mol. The molecule has 1 aliphatic rings. The minimum Gasteiger partial charge on any atom is -0.497 e. The van der Waals surface area contributed by atoms with Crippen LogP contribution in [0.2, 0.25) is 0 Å². The van der Waals surface area contributed by atoms with Gasteiger partial charge in [-0.05, 0) is 44.2 Å². The van der Waals surface area contributed by atoms with Crippen molar-refractivity contribution in [1.82, 2.24) is 9.97 Å². The van der Waals surface area contributed by atoms with Crippen molar-refractivity contribution in [3.63, 3.8) is 0 Å². The molecule has 2 heterocycles. The molecule has 0 radical (unpaired) electrons. The number of methoxy groups -OCH3 is 1. The van der Waals surface area contributed by atoms with Gasteiger partial charge in [-0.25, -0.2) is 0 Å². The van der Waals surface area contributed by atoms with E-state index in [4.69, 9.17) is 27.9 Å². The summed E-state index contributed by atoms with van der Waals surface area (Å²) in [5.74, 6) is -0.345. The number of ether oxygens (including phenoxy) is 1. The van der Waals surface area contributed by atoms with E-state index in [1.807, 2.05) is 38.1 Å². The lowest BCUT2D eigenvalue weighted by atomic mass is 9.87. The summed E-state index contributed by atoms with van der Waals surface area (Å²) >= 11 is 13.2. The van der Waals surface area contributed by atoms with Gasteiger partial charge in [-0.2, -0.15) is 0 Å². The summed E-state index contributed by atoms with van der Waals surface area (Å²) in [7, 11) is 1.56. The molecule has 0 aliphatic heterocycles. The second-order valence-corrected chi connectivity index (χ2v) is 8.58. The summed E-state index contributed by atoms with van der Waals surface area (Å²) in [6.07, 6.45) is 1.66. The number of hydrogen-bond donors (Lipinski definition) is 2. The third kappa shape index (κ3) is 2.93. The van der Waals surface area contributed by atoms with E-state index in [0.29, 0.717) is 22.3 Å². The molecule has 4 aromatic rings. The van der Waals surface area contributed by atoms with Crippen LogP contribution in [0, 0.1) is 13.8 Å². The van der Waals surface area contributed by atoms with Crippen molar-refractivity contribution < 1.29 is 14.3 Å². The molecule has 32 heavy (non-hydrogen) atoms. The average molecular weight is 465 g/mol. The van der Waals surface area contributed by atoms with E-state index in [1.54, 1.807) is 25.4 Å². The molecule has 0 fully saturated rings. The molecule has 0 saturated heterocycles. The Morgan fingerprint density at radius 2 is 1.53 bits per heavy atom. The standard InChI is InChI=1S/C25H18Cl2N2O3/c1-11-4-6-18-15(8-11)19(12(2)29-18)21-23(27)24(30)20(22(26)25(21)31)16-10-28-17-7-5-13(32-3)9-14(16)17/h4-10,28-29H,1-3H3. The zero-order chi connectivity index (χ0) is 22.7. The normalized spacial score (nSPS) is 14.9. The average Bonchev–Trinajstić information content (AvgIpc) is 3.33. The second kappa shape index (κ2) is 7.40. The quantitative estimate of drug-likeness (QED) is 0.363. The molecule has 160 valence electrons. The van der Waals surface area contributed by atoms with Crippen LogP contribution >= 0.6 is 23.2 Å². The van der Waals surface area contributed by atoms with Gasteiger partial charge in [0.15, 0.2) is 0 Å². The molecule has 0 bridgehead atoms. The van der Waals surface area contributed by atoms with Crippen molar-refractivity contribution in [1.29, 1.82) is 0 Å². The molecule has 5 rings (SSSR count). The Balaban J connectivity index is 1.72. The first-order chi connectivity index (χ1) is 15.3. The first-order valence-corrected chi connectivity index (χ1v) is 10.7. The number of ketones is 2. The van der Waals surface area contributed by atoms with Crippen LogP contribution in [-0.4, -0.2) is 28.6 Å². The number of fused-ring (bicyclic) bond motifs is 2. The van der Waals surface area contributed by atoms with Crippen LogP contribution in [0.25, 0.3) is 33.0 Å². The zero-order valence-electron chi connectivity index (χ0n) is 17.5. The Kier molecular flexibility index (Phi) is 4.77. The van der Waals surface area contributed by atoms with Gasteiger partial charge in [-0.1, -0.05) is 34.8 Å². The molecular formula is C25H18Cl2N2O3. The van der Waals surface area contributed by atoms with Crippen LogP contribution in [0.5, 0.6) is 5.75 Å². The van der Waals surface area contributed by atoms with Gasteiger partial charge in [-0.15, -0.1) is 0 Å². The first-order valence-electron chi connectivity index (χ1n) is 9.95. The molecule has 5 nitrogen and oxygen atoms in total. The highest BCUT2D eigenvalue weighted by Crippen LogP contribution is 2.43. The monoisotopic (exact) mass is 464 g/mol. The molecule has 2 aromatic heterocycles. The fourth-order valence-electron chi connectivity index (χ4n) is 4.31. The molecule has 0 unspecified atom stereocenters. The van der Waals surface area contributed by atoms with Crippen LogP contribution < -0.4 is 4.74 Å². The number of halogens is 2. The number of hydrogen-bond acceptors (Lipinski definition) is 3. The number of aromatic nitrogens is 2. The van der Waals surface area contributed by atoms with E-state index in [2.05, 4.69) is 9.97 Å². The molecule has 1 aliphatic carbocycles. The van der Waals surface area contributed by atoms with Gasteiger partial charge in [0, 0.05) is 44.8 Å². The number of aromatic amines is 2. The maximum atomic E-state index is 13.5. The molecule has 0 atom stereocenters. The summed E-state index contributed by atoms with van der Waals surface area (Å²) in [5.41, 5.74) is 4.72. The smallest absolute Gasteiger partial charge is 0.207 e. The highest BCUT2D eigenvalue weighted by molar-refractivity contribution is 6.68. The fraction of sp³-hybridized carbons (Fsp3) is 0.120. The van der Waals surface area contributed by atoms with Crippen LogP contribution in [-0.2, 0) is 9.59 Å². The third-order valence-corrected chi connectivity index (χ3v) is 6.56. The highest BCUT2D eigenvalue weighted by atomic mass is 35.5. The minimum atomic E-state index is -0.489. The lowest BCUT2D eigenvalue weighted by Crippen LogP contribution is -2.19. The lowest BCUT2D eigenvalue weighted by Gasteiger charge is -2.18. The van der Waals surface area contributed by atoms with Crippen LogP contribution in [0.3, 0.4) is 0 Å². The van der Waals surface area contributed by atoms with Crippen LogP contribution in [0.15, 0.2) is 52.7 Å². The number of H-pyrrole nitrogens is 2. The topological polar surface area (TPSA) is 75.0 Å². The number of allylic oxidation sites excluding steroid dienone is 4. The van der Waals surface area contributed by atoms with Gasteiger partial charge in [0.2, 0.25) is 11.6 Å². The van der Waals surface area contributed by atoms with E-state index in [0.717, 1.165) is 27.7 Å². The van der Waals surface area contributed by atoms with Gasteiger partial charge >= 0.3 is 0 Å². The molecular weight excluding hydrogens is 447 g/mol. The number of nitrogens with one attached hydrogen (secondary N) is 2. The van der Waals surface area contributed by atoms with Gasteiger partial charge in [0.1, 0.15) is 15.8 Å². The van der Waals surface area contributed by atoms with E-state index in [1.165, 1.54) is 0 Å². The number of rotatable bonds is 3. The van der Waals surface area contributed by atoms with Crippen molar-refractivity contribution in [3.8, 4) is 5.75 Å². The number of Topliss-reactive ketones (excluding diaryl/α,β-unsaturated/α-hetero) is 2. The molecule has 2 aromatic carbocycles. The van der Waals surface area contributed by atoms with Gasteiger partial charge in [0.25, 0.3) is 0 Å². The van der Waals surface area contributed by atoms with E-state index in [-0.39, 0.29) is 21.2 Å². The second-order valence-electron chi connectivity index (χ2n) is 7.82. The largest absolute Gasteiger partial charge is 0.497 e. The maximum Gasteiger partial charge on any atom is 0.207 e. The summed E-state index contributed by atoms with van der Waals surface area (Å²) in [6.45, 7) is 3.81. The van der Waals surface area contributed by atoms with Crippen molar-refractivity contribution in [3.05, 3.63) is 75.0 Å². The first kappa shape index (κ1) is 20.6. The number of aryl methyl sites for hydroxylation is 2. The van der Waals surface area contributed by atoms with Crippen molar-refractivity contribution in [2.45, 2.75) is 13.8 Å². The lowest BCUT2D eigenvalue weighted by molar-refractivity contribution is -0.113. The summed E-state index contributed by atoms with van der Waals surface area (Å²) in [4.78, 5) is 33.3. The Hall–Kier alpha value is -3.28. The van der Waals surface area contributed by atoms with E-state index >= 15 is 0 Å². The predicted octanol–water partition coefficient (Wildman–Crippen LogP) is 6.03. The van der Waals surface area contributed by atoms with Gasteiger partial charge in [-0.3, -0.25) is 9.59 Å². The van der Waals surface area contributed by atoms with E-state index < -0.39 is 11.6 Å². The third-order valence-electron chi connectivity index (χ3n) is 5.84. The minimum absolute atomic E-state index is 0.0820. The van der Waals surface area contributed by atoms with Gasteiger partial charge < -0.3 is 14.7 Å². The Morgan fingerprint density at radius 1 is 0.844 bits per heavy atom. The Labute approximate surface area is 193 Å². The summed E-state index contributed by atoms with van der Waals surface area (Å²) < 4.78 is 5.31. The number of carbonyl (C=O) groups excluding carboxylic acids is 2. The van der Waals surface area contributed by atoms with E-state index in [9.17, 15) is 9.59 Å². The highest BCUT2D eigenvalue weighted by Gasteiger charge is 2.37. The fourth-order valence-corrected chi connectivity index (χ4v) is 4.86. The number of carbonyl (C=O) groups is 2. The molecule has 7 heteroatoms. The molecule has 2 N–H and O–H groups in total. The van der Waals surface area contributed by atoms with Gasteiger partial charge in [0.05, 0.1) is 18.3 Å². The van der Waals surface area contributed by atoms with Crippen molar-refractivity contribution >= 4 is 67.7 Å². The molecule has 0 spiro atoms. The molecule has 0 saturated carbocycles. The SMILES string of the molecule is COc1ccc2[nH]cc(C3=C(Cl)C(=O)C(c4c(C)[nH]c5ccc(C)cc45)=C(Cl)C3=O)c2c1. The Bertz CT molecular complexity index is 1540.